The van der Waals surface area contributed by atoms with Crippen molar-refractivity contribution in [3.8, 4) is 5.75 Å². The highest BCUT2D eigenvalue weighted by molar-refractivity contribution is 7.18. The smallest absolute Gasteiger partial charge is 0.379 e. The maximum atomic E-state index is 12.1. The van der Waals surface area contributed by atoms with Gasteiger partial charge in [-0.15, -0.1) is 10.2 Å². The van der Waals surface area contributed by atoms with Crippen LogP contribution in [0.3, 0.4) is 0 Å². The normalized spacial score (nSPS) is 11.7. The van der Waals surface area contributed by atoms with Gasteiger partial charge in [0.1, 0.15) is 0 Å². The lowest BCUT2D eigenvalue weighted by Gasteiger charge is -2.04. The molecule has 0 aliphatic heterocycles. The molecule has 3 N–H and O–H groups in total. The lowest BCUT2D eigenvalue weighted by Crippen LogP contribution is -2.16. The van der Waals surface area contributed by atoms with Gasteiger partial charge in [0.2, 0.25) is 16.0 Å². The zero-order valence-electron chi connectivity index (χ0n) is 13.2. The molecule has 0 spiro atoms. The number of nitrogens with zero attached hydrogens (tertiary/aromatic N) is 3. The summed E-state index contributed by atoms with van der Waals surface area (Å²) in [6, 6.07) is 1.41. The number of carbonyl (C=O) groups is 1. The van der Waals surface area contributed by atoms with Crippen LogP contribution in [0.25, 0.3) is 0 Å². The van der Waals surface area contributed by atoms with Gasteiger partial charge >= 0.3 is 5.63 Å². The Morgan fingerprint density at radius 1 is 1.50 bits per heavy atom. The van der Waals surface area contributed by atoms with Crippen molar-refractivity contribution in [3.63, 3.8) is 0 Å². The fourth-order valence-corrected chi connectivity index (χ4v) is 2.42. The molecule has 10 heteroatoms. The molecule has 0 fully saturated rings. The van der Waals surface area contributed by atoms with E-state index in [1.165, 1.54) is 19.4 Å². The fourth-order valence-electron chi connectivity index (χ4n) is 1.75. The van der Waals surface area contributed by atoms with Gasteiger partial charge in [0.05, 0.1) is 7.11 Å². The molecule has 9 nitrogen and oxygen atoms in total. The van der Waals surface area contributed by atoms with Gasteiger partial charge in [0, 0.05) is 11.3 Å². The Balaban J connectivity index is 2.18. The highest BCUT2D eigenvalue weighted by Gasteiger charge is 2.16. The minimum atomic E-state index is -0.727. The Kier molecular flexibility index (Phi) is 5.42. The van der Waals surface area contributed by atoms with Crippen molar-refractivity contribution in [2.24, 2.45) is 10.7 Å². The van der Waals surface area contributed by atoms with Crippen molar-refractivity contribution in [1.82, 2.24) is 10.2 Å². The molecule has 0 atom stereocenters. The van der Waals surface area contributed by atoms with E-state index in [1.807, 2.05) is 0 Å². The number of methoxy groups -OCH3 is 1. The van der Waals surface area contributed by atoms with Gasteiger partial charge in [-0.3, -0.25) is 10.1 Å². The summed E-state index contributed by atoms with van der Waals surface area (Å²) in [6.45, 7) is 3.38. The number of nitrogens with one attached hydrogen (secondary N) is 1. The second-order valence-corrected chi connectivity index (χ2v) is 5.53. The molecule has 2 heterocycles. The van der Waals surface area contributed by atoms with E-state index in [-0.39, 0.29) is 16.6 Å². The van der Waals surface area contributed by atoms with Crippen LogP contribution in [0.1, 0.15) is 23.0 Å². The molecule has 0 unspecified atom stereocenters. The Labute approximate surface area is 140 Å². The SMILES string of the molecule is COc1c(C)cc(C(=O)Nc2nnc(/N=C(C)/C=C\N)s2)oc1=O. The molecule has 0 aliphatic carbocycles. The first-order valence-corrected chi connectivity index (χ1v) is 7.53. The van der Waals surface area contributed by atoms with Crippen molar-refractivity contribution < 1.29 is 13.9 Å². The zero-order valence-corrected chi connectivity index (χ0v) is 14.0. The van der Waals surface area contributed by atoms with Gasteiger partial charge in [0.25, 0.3) is 5.91 Å². The van der Waals surface area contributed by atoms with Crippen LogP contribution < -0.4 is 21.4 Å². The summed E-state index contributed by atoms with van der Waals surface area (Å²) in [6.07, 6.45) is 2.96. The third-order valence-electron chi connectivity index (χ3n) is 2.77. The summed E-state index contributed by atoms with van der Waals surface area (Å²) in [7, 11) is 1.35. The molecular formula is C14H15N5O4S. The maximum absolute atomic E-state index is 12.1. The number of aromatic nitrogens is 2. The number of ether oxygens (including phenoxy) is 1. The maximum Gasteiger partial charge on any atom is 0.379 e. The van der Waals surface area contributed by atoms with Crippen LogP contribution in [-0.4, -0.2) is 28.9 Å². The van der Waals surface area contributed by atoms with Crippen molar-refractivity contribution in [2.75, 3.05) is 12.4 Å². The predicted molar refractivity (Wildman–Crippen MR) is 90.2 cm³/mol. The van der Waals surface area contributed by atoms with E-state index in [0.29, 0.717) is 16.4 Å². The van der Waals surface area contributed by atoms with Gasteiger partial charge < -0.3 is 14.9 Å². The fraction of sp³-hybridized carbons (Fsp3) is 0.214. The monoisotopic (exact) mass is 349 g/mol. The minimum Gasteiger partial charge on any atom is -0.490 e. The summed E-state index contributed by atoms with van der Waals surface area (Å²) < 4.78 is 9.83. The second-order valence-electron chi connectivity index (χ2n) is 4.57. The van der Waals surface area contributed by atoms with E-state index >= 15 is 0 Å². The van der Waals surface area contributed by atoms with Gasteiger partial charge in [-0.1, -0.05) is 11.3 Å². The topological polar surface area (TPSA) is 133 Å². The molecule has 2 rings (SSSR count). The molecule has 0 saturated carbocycles. The minimum absolute atomic E-state index is 0.0579. The van der Waals surface area contributed by atoms with Crippen molar-refractivity contribution in [2.45, 2.75) is 13.8 Å². The molecular weight excluding hydrogens is 334 g/mol. The van der Waals surface area contributed by atoms with E-state index in [1.54, 1.807) is 19.9 Å². The van der Waals surface area contributed by atoms with Gasteiger partial charge in [-0.25, -0.2) is 9.79 Å². The lowest BCUT2D eigenvalue weighted by atomic mass is 10.2. The highest BCUT2D eigenvalue weighted by Crippen LogP contribution is 2.23. The summed E-state index contributed by atoms with van der Waals surface area (Å²) in [5, 5.41) is 10.7. The Morgan fingerprint density at radius 3 is 2.88 bits per heavy atom. The average Bonchev–Trinajstić information content (AvgIpc) is 2.94. The first kappa shape index (κ1) is 17.3. The summed E-state index contributed by atoms with van der Waals surface area (Å²) >= 11 is 1.07. The largest absolute Gasteiger partial charge is 0.490 e. The second kappa shape index (κ2) is 7.51. The molecule has 0 aromatic carbocycles. The number of amides is 1. The Bertz CT molecular complexity index is 868. The number of nitrogens with two attached hydrogens (primary N) is 1. The zero-order chi connectivity index (χ0) is 17.7. The Morgan fingerprint density at radius 2 is 2.25 bits per heavy atom. The van der Waals surface area contributed by atoms with E-state index in [2.05, 4.69) is 20.5 Å². The van der Waals surface area contributed by atoms with Crippen LogP contribution in [0.4, 0.5) is 10.3 Å². The third kappa shape index (κ3) is 4.04. The number of carbonyl (C=O) groups excluding carboxylic acids is 1. The number of rotatable bonds is 5. The highest BCUT2D eigenvalue weighted by atomic mass is 32.1. The van der Waals surface area contributed by atoms with Crippen LogP contribution in [-0.2, 0) is 0 Å². The molecule has 0 saturated heterocycles. The molecule has 2 aromatic rings. The van der Waals surface area contributed by atoms with Crippen molar-refractivity contribution in [1.29, 1.82) is 0 Å². The van der Waals surface area contributed by atoms with Crippen LogP contribution in [0.5, 0.6) is 5.75 Å². The predicted octanol–water partition coefficient (Wildman–Crippen LogP) is 1.63. The Hall–Kier alpha value is -3.01. The summed E-state index contributed by atoms with van der Waals surface area (Å²) in [5.41, 5.74) is 5.67. The van der Waals surface area contributed by atoms with Crippen LogP contribution in [0.15, 0.2) is 32.5 Å². The molecule has 0 aliphatic rings. The average molecular weight is 349 g/mol. The van der Waals surface area contributed by atoms with E-state index in [9.17, 15) is 9.59 Å². The molecule has 24 heavy (non-hydrogen) atoms. The number of aliphatic imine (C=N–C) groups is 1. The van der Waals surface area contributed by atoms with E-state index in [4.69, 9.17) is 14.9 Å². The molecule has 0 bridgehead atoms. The third-order valence-corrected chi connectivity index (χ3v) is 3.50. The summed E-state index contributed by atoms with van der Waals surface area (Å²) in [5.74, 6) is -0.716. The molecule has 2 aromatic heterocycles. The van der Waals surface area contributed by atoms with E-state index in [0.717, 1.165) is 11.3 Å². The summed E-state index contributed by atoms with van der Waals surface area (Å²) in [4.78, 5) is 28.0. The first-order valence-electron chi connectivity index (χ1n) is 6.71. The van der Waals surface area contributed by atoms with E-state index < -0.39 is 11.5 Å². The van der Waals surface area contributed by atoms with Gasteiger partial charge in [0.15, 0.2) is 5.76 Å². The number of hydrogen-bond donors (Lipinski definition) is 2. The molecule has 126 valence electrons. The van der Waals surface area contributed by atoms with Gasteiger partial charge in [-0.2, -0.15) is 0 Å². The van der Waals surface area contributed by atoms with Crippen LogP contribution >= 0.6 is 11.3 Å². The molecule has 1 amide bonds. The first-order chi connectivity index (χ1) is 11.4. The number of anilines is 1. The lowest BCUT2D eigenvalue weighted by molar-refractivity contribution is 0.0991. The molecule has 0 radical (unpaired) electrons. The number of aryl methyl sites for hydroxylation is 1. The van der Waals surface area contributed by atoms with Gasteiger partial charge in [-0.05, 0) is 32.2 Å². The quantitative estimate of drug-likeness (QED) is 0.784. The van der Waals surface area contributed by atoms with Crippen LogP contribution in [0.2, 0.25) is 0 Å². The van der Waals surface area contributed by atoms with Crippen molar-refractivity contribution in [3.05, 3.63) is 40.1 Å². The standard InChI is InChI=1S/C14H15N5O4S/c1-7-6-9(23-12(21)10(7)22-3)11(20)17-14-19-18-13(24-14)16-8(2)4-5-15/h4-6H,15H2,1-3H3,(H,17,19,20)/b5-4-,16-8+. The van der Waals surface area contributed by atoms with Crippen molar-refractivity contribution >= 4 is 33.2 Å². The number of allylic oxidation sites excluding steroid dienone is 1. The number of hydrogen-bond acceptors (Lipinski definition) is 9. The van der Waals surface area contributed by atoms with Crippen LogP contribution in [0, 0.1) is 6.92 Å².